The first-order valence-electron chi connectivity index (χ1n) is 9.30. The van der Waals surface area contributed by atoms with Crippen molar-refractivity contribution in [3.05, 3.63) is 53.3 Å². The molecule has 1 atom stereocenters. The van der Waals surface area contributed by atoms with E-state index in [1.165, 1.54) is 25.1 Å². The summed E-state index contributed by atoms with van der Waals surface area (Å²) in [6.45, 7) is 2.95. The Morgan fingerprint density at radius 1 is 1.11 bits per heavy atom. The lowest BCUT2D eigenvalue weighted by atomic mass is 10.0. The van der Waals surface area contributed by atoms with Gasteiger partial charge in [-0.3, -0.25) is 9.59 Å². The topological polar surface area (TPSA) is 67.9 Å². The number of fused-ring (bicyclic) bond motifs is 1. The van der Waals surface area contributed by atoms with Crippen molar-refractivity contribution in [1.82, 2.24) is 4.90 Å². The molecule has 1 fully saturated rings. The van der Waals surface area contributed by atoms with Gasteiger partial charge in [-0.2, -0.15) is 0 Å². The van der Waals surface area contributed by atoms with Crippen molar-refractivity contribution in [3.63, 3.8) is 0 Å². The number of anilines is 1. The number of rotatable bonds is 3. The molecule has 1 saturated heterocycles. The smallest absolute Gasteiger partial charge is 0.254 e. The van der Waals surface area contributed by atoms with E-state index < -0.39 is 5.82 Å². The number of nitrogens with zero attached hydrogens (tertiary/aromatic N) is 1. The van der Waals surface area contributed by atoms with Crippen molar-refractivity contribution in [1.29, 1.82) is 0 Å². The molecule has 2 heterocycles. The molecule has 6 nitrogen and oxygen atoms in total. The Hall–Kier alpha value is -3.09. The second-order valence-electron chi connectivity index (χ2n) is 6.94. The van der Waals surface area contributed by atoms with Gasteiger partial charge in [-0.15, -0.1) is 0 Å². The van der Waals surface area contributed by atoms with Crippen LogP contribution in [0.25, 0.3) is 0 Å². The van der Waals surface area contributed by atoms with Gasteiger partial charge in [-0.1, -0.05) is 6.07 Å². The number of carbonyl (C=O) groups excluding carboxylic acids is 2. The lowest BCUT2D eigenvalue weighted by Gasteiger charge is -2.27. The molecular weight excluding hydrogens is 363 g/mol. The highest BCUT2D eigenvalue weighted by molar-refractivity contribution is 5.97. The Morgan fingerprint density at radius 2 is 1.89 bits per heavy atom. The van der Waals surface area contributed by atoms with Crippen LogP contribution in [0.15, 0.2) is 36.4 Å². The van der Waals surface area contributed by atoms with Gasteiger partial charge >= 0.3 is 0 Å². The second-order valence-corrected chi connectivity index (χ2v) is 6.94. The molecule has 1 N–H and O–H groups in total. The van der Waals surface area contributed by atoms with Gasteiger partial charge in [0.1, 0.15) is 19.0 Å². The Kier molecular flexibility index (Phi) is 4.90. The third-order valence-electron chi connectivity index (χ3n) is 4.99. The molecule has 28 heavy (non-hydrogen) atoms. The van der Waals surface area contributed by atoms with Crippen LogP contribution in [0.2, 0.25) is 0 Å². The van der Waals surface area contributed by atoms with Crippen LogP contribution in [-0.2, 0) is 4.79 Å². The minimum Gasteiger partial charge on any atom is -0.486 e. The summed E-state index contributed by atoms with van der Waals surface area (Å²) in [6.07, 6.45) is 1.72. The number of carbonyl (C=O) groups is 2. The highest BCUT2D eigenvalue weighted by Gasteiger charge is 2.31. The lowest BCUT2D eigenvalue weighted by molar-refractivity contribution is -0.114. The van der Waals surface area contributed by atoms with Gasteiger partial charge in [0.2, 0.25) is 5.91 Å². The molecule has 7 heteroatoms. The van der Waals surface area contributed by atoms with E-state index in [9.17, 15) is 14.0 Å². The van der Waals surface area contributed by atoms with E-state index in [1.54, 1.807) is 4.90 Å². The van der Waals surface area contributed by atoms with Crippen LogP contribution in [0.5, 0.6) is 11.5 Å². The van der Waals surface area contributed by atoms with Crippen LogP contribution in [-0.4, -0.2) is 36.5 Å². The quantitative estimate of drug-likeness (QED) is 0.879. The largest absolute Gasteiger partial charge is 0.486 e. The third-order valence-corrected chi connectivity index (χ3v) is 4.99. The third kappa shape index (κ3) is 3.52. The van der Waals surface area contributed by atoms with Crippen molar-refractivity contribution in [2.45, 2.75) is 25.8 Å². The zero-order valence-corrected chi connectivity index (χ0v) is 15.5. The highest BCUT2D eigenvalue weighted by atomic mass is 19.1. The van der Waals surface area contributed by atoms with Crippen molar-refractivity contribution < 1.29 is 23.5 Å². The minimum absolute atomic E-state index is 0.00780. The fourth-order valence-corrected chi connectivity index (χ4v) is 3.73. The molecule has 0 saturated carbocycles. The van der Waals surface area contributed by atoms with Crippen molar-refractivity contribution >= 4 is 17.5 Å². The summed E-state index contributed by atoms with van der Waals surface area (Å²) < 4.78 is 25.1. The van der Waals surface area contributed by atoms with E-state index >= 15 is 0 Å². The first-order chi connectivity index (χ1) is 13.5. The fourth-order valence-electron chi connectivity index (χ4n) is 3.73. The van der Waals surface area contributed by atoms with Gasteiger partial charge in [0.05, 0.1) is 11.7 Å². The minimum atomic E-state index is -0.573. The Morgan fingerprint density at radius 3 is 2.68 bits per heavy atom. The normalized spacial score (nSPS) is 18.1. The lowest BCUT2D eigenvalue weighted by Crippen LogP contribution is -2.30. The number of hydrogen-bond acceptors (Lipinski definition) is 4. The predicted molar refractivity (Wildman–Crippen MR) is 101 cm³/mol. The van der Waals surface area contributed by atoms with Crippen molar-refractivity contribution in [3.8, 4) is 11.5 Å². The molecule has 4 rings (SSSR count). The average Bonchev–Trinajstić information content (AvgIpc) is 3.18. The molecule has 2 aliphatic rings. The molecule has 1 unspecified atom stereocenters. The maximum Gasteiger partial charge on any atom is 0.254 e. The van der Waals surface area contributed by atoms with E-state index in [1.807, 2.05) is 18.2 Å². The first kappa shape index (κ1) is 18.3. The number of likely N-dealkylation sites (tertiary alicyclic amines) is 1. The van der Waals surface area contributed by atoms with Crippen molar-refractivity contribution in [2.24, 2.45) is 0 Å². The number of hydrogen-bond donors (Lipinski definition) is 1. The first-order valence-corrected chi connectivity index (χ1v) is 9.30. The monoisotopic (exact) mass is 384 g/mol. The zero-order chi connectivity index (χ0) is 19.7. The van der Waals surface area contributed by atoms with Crippen LogP contribution >= 0.6 is 0 Å². The van der Waals surface area contributed by atoms with Gasteiger partial charge in [0, 0.05) is 19.0 Å². The van der Waals surface area contributed by atoms with Crippen LogP contribution in [0.1, 0.15) is 41.7 Å². The molecule has 0 bridgehead atoms. The zero-order valence-electron chi connectivity index (χ0n) is 15.5. The maximum atomic E-state index is 13.9. The number of halogens is 1. The molecule has 0 aromatic heterocycles. The predicted octanol–water partition coefficient (Wildman–Crippen LogP) is 3.53. The van der Waals surface area contributed by atoms with Crippen LogP contribution < -0.4 is 14.8 Å². The molecule has 2 aromatic rings. The van der Waals surface area contributed by atoms with E-state index in [0.717, 1.165) is 18.4 Å². The highest BCUT2D eigenvalue weighted by Crippen LogP contribution is 2.38. The summed E-state index contributed by atoms with van der Waals surface area (Å²) in [5, 5.41) is 2.42. The Balaban J connectivity index is 1.60. The molecule has 146 valence electrons. The molecule has 0 spiro atoms. The van der Waals surface area contributed by atoms with Crippen LogP contribution in [0, 0.1) is 5.82 Å². The molecule has 0 radical (unpaired) electrons. The Labute approximate surface area is 162 Å². The maximum absolute atomic E-state index is 13.9. The summed E-state index contributed by atoms with van der Waals surface area (Å²) in [4.78, 5) is 26.2. The molecule has 2 aromatic carbocycles. The summed E-state index contributed by atoms with van der Waals surface area (Å²) in [5.74, 6) is 0.251. The van der Waals surface area contributed by atoms with Crippen LogP contribution in [0.4, 0.5) is 10.1 Å². The number of amides is 2. The van der Waals surface area contributed by atoms with Gasteiger partial charge in [0.15, 0.2) is 11.5 Å². The number of benzene rings is 2. The summed E-state index contributed by atoms with van der Waals surface area (Å²) in [6, 6.07) is 9.71. The fraction of sp³-hybridized carbons (Fsp3) is 0.333. The number of ether oxygens (including phenoxy) is 2. The SMILES string of the molecule is CC(=O)Nc1cc(C(=O)N2CCCC2c2ccc3c(c2)OCCO3)ccc1F. The van der Waals surface area contributed by atoms with Gasteiger partial charge in [-0.05, 0) is 48.7 Å². The summed E-state index contributed by atoms with van der Waals surface area (Å²) in [5.41, 5.74) is 1.34. The summed E-state index contributed by atoms with van der Waals surface area (Å²) >= 11 is 0. The molecule has 0 aliphatic carbocycles. The summed E-state index contributed by atoms with van der Waals surface area (Å²) in [7, 11) is 0. The van der Waals surface area contributed by atoms with E-state index in [2.05, 4.69) is 5.32 Å². The van der Waals surface area contributed by atoms with Crippen LogP contribution in [0.3, 0.4) is 0 Å². The van der Waals surface area contributed by atoms with Gasteiger partial charge in [0.25, 0.3) is 5.91 Å². The standard InChI is InChI=1S/C21H21FN2O4/c1-13(25)23-17-11-15(4-6-16(17)22)21(26)24-8-2-3-18(24)14-5-7-19-20(12-14)28-10-9-27-19/h4-7,11-12,18H,2-3,8-10H2,1H3,(H,23,25). The average molecular weight is 384 g/mol. The van der Waals surface area contributed by atoms with E-state index in [4.69, 9.17) is 9.47 Å². The molecule has 2 amide bonds. The number of nitrogens with one attached hydrogen (secondary N) is 1. The van der Waals surface area contributed by atoms with Crippen molar-refractivity contribution in [2.75, 3.05) is 25.1 Å². The second kappa shape index (κ2) is 7.50. The Bertz CT molecular complexity index is 931. The van der Waals surface area contributed by atoms with Gasteiger partial charge < -0.3 is 19.7 Å². The van der Waals surface area contributed by atoms with Gasteiger partial charge in [-0.25, -0.2) is 4.39 Å². The molecule has 2 aliphatic heterocycles. The van der Waals surface area contributed by atoms with E-state index in [-0.39, 0.29) is 23.5 Å². The van der Waals surface area contributed by atoms with E-state index in [0.29, 0.717) is 36.8 Å². The molecular formula is C21H21FN2O4.